The quantitative estimate of drug-likeness (QED) is 0.641. The second-order valence-electron chi connectivity index (χ2n) is 5.15. The third kappa shape index (κ3) is 3.35. The molecule has 124 valence electrons. The molecule has 0 amide bonds. The number of hydrogen-bond donors (Lipinski definition) is 0. The molecule has 0 radical (unpaired) electrons. The van der Waals surface area contributed by atoms with Gasteiger partial charge in [-0.3, -0.25) is 0 Å². The molecule has 0 unspecified atom stereocenters. The average Bonchev–Trinajstić information content (AvgIpc) is 3.08. The fourth-order valence-electron chi connectivity index (χ4n) is 2.35. The highest BCUT2D eigenvalue weighted by molar-refractivity contribution is 7.98. The molecule has 0 saturated heterocycles. The Morgan fingerprint density at radius 1 is 1.04 bits per heavy atom. The molecule has 1 aromatic heterocycles. The Balaban J connectivity index is 1.88. The minimum atomic E-state index is 0.699. The Bertz CT molecular complexity index is 835. The summed E-state index contributed by atoms with van der Waals surface area (Å²) in [5, 5.41) is 12.8. The summed E-state index contributed by atoms with van der Waals surface area (Å²) in [4.78, 5) is 0. The molecule has 0 aliphatic heterocycles. The van der Waals surface area contributed by atoms with Crippen molar-refractivity contribution in [2.24, 2.45) is 0 Å². The lowest BCUT2D eigenvalue weighted by molar-refractivity contribution is 0.410. The Hall–Kier alpha value is -2.54. The van der Waals surface area contributed by atoms with Gasteiger partial charge in [0.05, 0.1) is 14.2 Å². The summed E-state index contributed by atoms with van der Waals surface area (Å²) in [5.74, 6) is 2.29. The number of aromatic nitrogens is 4. The molecule has 0 aliphatic rings. The molecule has 3 aromatic rings. The molecule has 0 spiro atoms. The molecule has 0 atom stereocenters. The number of tetrazole rings is 1. The van der Waals surface area contributed by atoms with Gasteiger partial charge in [-0.15, -0.1) is 5.10 Å². The van der Waals surface area contributed by atoms with Gasteiger partial charge < -0.3 is 9.47 Å². The standard InChI is InChI=1S/C17H18N4O2S/c1-12-8-9-16(23-3)14(10-12)21-17(18-19-20-21)24-11-13-6-4-5-7-15(13)22-2/h4-10H,11H2,1-3H3. The molecular formula is C17H18N4O2S. The second kappa shape index (κ2) is 7.35. The number of thioether (sulfide) groups is 1. The molecule has 0 N–H and O–H groups in total. The molecule has 0 aliphatic carbocycles. The van der Waals surface area contributed by atoms with E-state index in [9.17, 15) is 0 Å². The summed E-state index contributed by atoms with van der Waals surface area (Å²) in [6.07, 6.45) is 0. The largest absolute Gasteiger partial charge is 0.496 e. The van der Waals surface area contributed by atoms with Gasteiger partial charge in [0.1, 0.15) is 17.2 Å². The van der Waals surface area contributed by atoms with Gasteiger partial charge >= 0.3 is 0 Å². The highest BCUT2D eigenvalue weighted by Gasteiger charge is 2.14. The van der Waals surface area contributed by atoms with Gasteiger partial charge in [-0.25, -0.2) is 0 Å². The van der Waals surface area contributed by atoms with Crippen molar-refractivity contribution in [3.63, 3.8) is 0 Å². The average molecular weight is 342 g/mol. The predicted molar refractivity (Wildman–Crippen MR) is 93.0 cm³/mol. The Morgan fingerprint density at radius 2 is 1.83 bits per heavy atom. The lowest BCUT2D eigenvalue weighted by Gasteiger charge is -2.11. The van der Waals surface area contributed by atoms with Crippen LogP contribution in [0, 0.1) is 6.92 Å². The van der Waals surface area contributed by atoms with Crippen LogP contribution in [-0.4, -0.2) is 34.4 Å². The smallest absolute Gasteiger partial charge is 0.214 e. The van der Waals surface area contributed by atoms with E-state index >= 15 is 0 Å². The van der Waals surface area contributed by atoms with Gasteiger partial charge in [-0.2, -0.15) is 4.68 Å². The van der Waals surface area contributed by atoms with Gasteiger partial charge in [0.15, 0.2) is 0 Å². The number of aryl methyl sites for hydroxylation is 1. The van der Waals surface area contributed by atoms with Crippen LogP contribution in [0.15, 0.2) is 47.6 Å². The molecule has 24 heavy (non-hydrogen) atoms. The maximum atomic E-state index is 5.43. The van der Waals surface area contributed by atoms with Crippen LogP contribution in [0.1, 0.15) is 11.1 Å². The maximum Gasteiger partial charge on any atom is 0.214 e. The molecule has 3 rings (SSSR count). The normalized spacial score (nSPS) is 10.6. The fourth-order valence-corrected chi connectivity index (χ4v) is 3.22. The molecule has 2 aromatic carbocycles. The zero-order chi connectivity index (χ0) is 16.9. The van der Waals surface area contributed by atoms with Crippen LogP contribution in [0.25, 0.3) is 5.69 Å². The zero-order valence-corrected chi connectivity index (χ0v) is 14.6. The van der Waals surface area contributed by atoms with Crippen LogP contribution in [0.3, 0.4) is 0 Å². The Labute approximate surface area is 144 Å². The summed E-state index contributed by atoms with van der Waals surface area (Å²) in [6, 6.07) is 13.8. The van der Waals surface area contributed by atoms with Gasteiger partial charge in [-0.1, -0.05) is 36.0 Å². The van der Waals surface area contributed by atoms with Gasteiger partial charge in [-0.05, 0) is 41.1 Å². The molecule has 0 bridgehead atoms. The van der Waals surface area contributed by atoms with Crippen molar-refractivity contribution in [2.75, 3.05) is 14.2 Å². The number of hydrogen-bond acceptors (Lipinski definition) is 6. The lowest BCUT2D eigenvalue weighted by Crippen LogP contribution is -2.02. The number of para-hydroxylation sites is 1. The Morgan fingerprint density at radius 3 is 2.62 bits per heavy atom. The molecule has 0 saturated carbocycles. The first kappa shape index (κ1) is 16.3. The van der Waals surface area contributed by atoms with Gasteiger partial charge in [0.2, 0.25) is 5.16 Å². The highest BCUT2D eigenvalue weighted by Crippen LogP contribution is 2.30. The second-order valence-corrected chi connectivity index (χ2v) is 6.09. The minimum absolute atomic E-state index is 0.699. The van der Waals surface area contributed by atoms with Crippen molar-refractivity contribution in [1.29, 1.82) is 0 Å². The molecular weight excluding hydrogens is 324 g/mol. The van der Waals surface area contributed by atoms with E-state index in [1.54, 1.807) is 30.7 Å². The number of methoxy groups -OCH3 is 2. The summed E-state index contributed by atoms with van der Waals surface area (Å²) in [7, 11) is 3.31. The van der Waals surface area contributed by atoms with Crippen LogP contribution in [0.5, 0.6) is 11.5 Å². The SMILES string of the molecule is COc1ccccc1CSc1nnnn1-c1cc(C)ccc1OC. The van der Waals surface area contributed by atoms with E-state index < -0.39 is 0 Å². The van der Waals surface area contributed by atoms with Crippen molar-refractivity contribution in [3.05, 3.63) is 53.6 Å². The van der Waals surface area contributed by atoms with Crippen molar-refractivity contribution >= 4 is 11.8 Å². The third-order valence-electron chi connectivity index (χ3n) is 3.55. The van der Waals surface area contributed by atoms with E-state index in [0.717, 1.165) is 28.3 Å². The topological polar surface area (TPSA) is 62.1 Å². The zero-order valence-electron chi connectivity index (χ0n) is 13.8. The van der Waals surface area contributed by atoms with E-state index in [0.29, 0.717) is 10.9 Å². The number of nitrogens with zero attached hydrogens (tertiary/aromatic N) is 4. The minimum Gasteiger partial charge on any atom is -0.496 e. The number of benzene rings is 2. The molecule has 0 fully saturated rings. The highest BCUT2D eigenvalue weighted by atomic mass is 32.2. The van der Waals surface area contributed by atoms with Crippen LogP contribution >= 0.6 is 11.8 Å². The van der Waals surface area contributed by atoms with E-state index in [4.69, 9.17) is 9.47 Å². The van der Waals surface area contributed by atoms with Gasteiger partial charge in [0.25, 0.3) is 0 Å². The first-order chi connectivity index (χ1) is 11.7. The van der Waals surface area contributed by atoms with E-state index in [1.807, 2.05) is 49.4 Å². The first-order valence-electron chi connectivity index (χ1n) is 7.41. The van der Waals surface area contributed by atoms with Crippen LogP contribution < -0.4 is 9.47 Å². The van der Waals surface area contributed by atoms with Crippen molar-refractivity contribution < 1.29 is 9.47 Å². The molecule has 7 heteroatoms. The van der Waals surface area contributed by atoms with Crippen molar-refractivity contribution in [1.82, 2.24) is 20.2 Å². The summed E-state index contributed by atoms with van der Waals surface area (Å²) in [6.45, 7) is 2.02. The van der Waals surface area contributed by atoms with Crippen LogP contribution in [0.2, 0.25) is 0 Å². The van der Waals surface area contributed by atoms with E-state index in [1.165, 1.54) is 0 Å². The maximum absolute atomic E-state index is 5.43. The monoisotopic (exact) mass is 342 g/mol. The Kier molecular flexibility index (Phi) is 5.00. The third-order valence-corrected chi connectivity index (χ3v) is 4.52. The van der Waals surface area contributed by atoms with Crippen LogP contribution in [-0.2, 0) is 5.75 Å². The number of rotatable bonds is 6. The van der Waals surface area contributed by atoms with Crippen molar-refractivity contribution in [3.8, 4) is 17.2 Å². The first-order valence-corrected chi connectivity index (χ1v) is 8.39. The molecule has 1 heterocycles. The van der Waals surface area contributed by atoms with Gasteiger partial charge in [0, 0.05) is 11.3 Å². The van der Waals surface area contributed by atoms with E-state index in [2.05, 4.69) is 15.5 Å². The van der Waals surface area contributed by atoms with Crippen LogP contribution in [0.4, 0.5) is 0 Å². The molecule has 6 nitrogen and oxygen atoms in total. The summed E-state index contributed by atoms with van der Waals surface area (Å²) >= 11 is 1.55. The predicted octanol–water partition coefficient (Wildman–Crippen LogP) is 3.28. The van der Waals surface area contributed by atoms with Crippen molar-refractivity contribution in [2.45, 2.75) is 17.8 Å². The fraction of sp³-hybridized carbons (Fsp3) is 0.235. The summed E-state index contributed by atoms with van der Waals surface area (Å²) in [5.41, 5.74) is 3.03. The number of ether oxygens (including phenoxy) is 2. The lowest BCUT2D eigenvalue weighted by atomic mass is 10.2. The summed E-state index contributed by atoms with van der Waals surface area (Å²) < 4.78 is 12.5. The van der Waals surface area contributed by atoms with E-state index in [-0.39, 0.29) is 0 Å².